The number of nitrogens with two attached hydrogens (primary N) is 1. The summed E-state index contributed by atoms with van der Waals surface area (Å²) in [4.78, 5) is 14.4. The lowest BCUT2D eigenvalue weighted by Crippen LogP contribution is -2.16. The van der Waals surface area contributed by atoms with Gasteiger partial charge in [-0.1, -0.05) is 28.1 Å². The number of H-pyrrole nitrogens is 1. The zero-order valence-electron chi connectivity index (χ0n) is 12.1. The van der Waals surface area contributed by atoms with Gasteiger partial charge in [-0.15, -0.1) is 0 Å². The van der Waals surface area contributed by atoms with Crippen molar-refractivity contribution in [2.24, 2.45) is 0 Å². The van der Waals surface area contributed by atoms with Crippen LogP contribution >= 0.6 is 15.9 Å². The summed E-state index contributed by atoms with van der Waals surface area (Å²) >= 11 is 3.37. The molecule has 1 heterocycles. The van der Waals surface area contributed by atoms with Crippen molar-refractivity contribution in [2.45, 2.75) is 0 Å². The summed E-state index contributed by atoms with van der Waals surface area (Å²) in [7, 11) is 0. The molecule has 24 heavy (non-hydrogen) atoms. The van der Waals surface area contributed by atoms with Gasteiger partial charge in [0.15, 0.2) is 0 Å². The average Bonchev–Trinajstić information content (AvgIpc) is 2.54. The zero-order valence-corrected chi connectivity index (χ0v) is 13.7. The second kappa shape index (κ2) is 5.73. The van der Waals surface area contributed by atoms with E-state index in [9.17, 15) is 20.4 Å². The number of aromatic nitrogens is 1. The van der Waals surface area contributed by atoms with E-state index in [4.69, 9.17) is 5.73 Å². The third kappa shape index (κ3) is 2.28. The van der Waals surface area contributed by atoms with Crippen molar-refractivity contribution >= 4 is 32.5 Å². The van der Waals surface area contributed by atoms with E-state index in [1.54, 1.807) is 24.3 Å². The molecule has 0 spiro atoms. The lowest BCUT2D eigenvalue weighted by Gasteiger charge is -2.13. The predicted molar refractivity (Wildman–Crippen MR) is 93.2 cm³/mol. The molecular formula is C17H9BrN4O2. The number of halogens is 1. The van der Waals surface area contributed by atoms with Crippen LogP contribution in [0.4, 0.5) is 5.82 Å². The van der Waals surface area contributed by atoms with Crippen LogP contribution in [0.25, 0.3) is 21.9 Å². The first-order valence-electron chi connectivity index (χ1n) is 6.75. The first-order valence-corrected chi connectivity index (χ1v) is 7.54. The molecule has 0 saturated heterocycles. The van der Waals surface area contributed by atoms with E-state index in [0.717, 1.165) is 9.86 Å². The fourth-order valence-corrected chi connectivity index (χ4v) is 3.02. The van der Waals surface area contributed by atoms with Crippen molar-refractivity contribution in [3.05, 3.63) is 56.3 Å². The molecule has 0 aliphatic rings. The van der Waals surface area contributed by atoms with Crippen LogP contribution in [0.3, 0.4) is 0 Å². The Hall–Kier alpha value is -3.29. The van der Waals surface area contributed by atoms with Gasteiger partial charge in [-0.2, -0.15) is 10.5 Å². The number of anilines is 1. The monoisotopic (exact) mass is 380 g/mol. The Morgan fingerprint density at radius 1 is 1.08 bits per heavy atom. The largest absolute Gasteiger partial charge is 0.507 e. The van der Waals surface area contributed by atoms with Gasteiger partial charge in [0.1, 0.15) is 34.8 Å². The van der Waals surface area contributed by atoms with E-state index in [0.29, 0.717) is 5.39 Å². The fourth-order valence-electron chi connectivity index (χ4n) is 2.65. The van der Waals surface area contributed by atoms with Gasteiger partial charge < -0.3 is 15.8 Å². The van der Waals surface area contributed by atoms with Crippen LogP contribution in [-0.4, -0.2) is 10.1 Å². The minimum absolute atomic E-state index is 0.0340. The number of fused-ring (bicyclic) bond motifs is 1. The average molecular weight is 381 g/mol. The van der Waals surface area contributed by atoms with Crippen LogP contribution in [0.15, 0.2) is 39.6 Å². The Morgan fingerprint density at radius 2 is 1.79 bits per heavy atom. The highest BCUT2D eigenvalue weighted by atomic mass is 79.9. The summed E-state index contributed by atoms with van der Waals surface area (Å²) in [5.74, 6) is -0.298. The van der Waals surface area contributed by atoms with E-state index in [1.807, 2.05) is 12.1 Å². The number of phenols is 1. The number of nitrogen functional groups attached to an aromatic ring is 1. The highest BCUT2D eigenvalue weighted by Gasteiger charge is 2.22. The highest BCUT2D eigenvalue weighted by Crippen LogP contribution is 2.40. The van der Waals surface area contributed by atoms with Gasteiger partial charge >= 0.3 is 0 Å². The number of rotatable bonds is 1. The molecule has 0 fully saturated rings. The molecule has 0 saturated carbocycles. The van der Waals surface area contributed by atoms with Crippen LogP contribution in [0.1, 0.15) is 11.1 Å². The first kappa shape index (κ1) is 15.6. The molecule has 116 valence electrons. The Balaban J connectivity index is 2.59. The quantitative estimate of drug-likeness (QED) is 0.597. The number of benzene rings is 2. The van der Waals surface area contributed by atoms with Gasteiger partial charge in [-0.05, 0) is 29.0 Å². The summed E-state index contributed by atoms with van der Waals surface area (Å²) in [6.07, 6.45) is 0. The van der Waals surface area contributed by atoms with Crippen LogP contribution < -0.4 is 11.3 Å². The number of hydrogen-bond acceptors (Lipinski definition) is 5. The summed E-state index contributed by atoms with van der Waals surface area (Å²) in [6.45, 7) is 0. The molecule has 0 atom stereocenters. The third-order valence-corrected chi connectivity index (χ3v) is 4.17. The van der Waals surface area contributed by atoms with Crippen molar-refractivity contribution in [1.82, 2.24) is 4.98 Å². The molecule has 4 N–H and O–H groups in total. The molecule has 0 radical (unpaired) electrons. The van der Waals surface area contributed by atoms with E-state index < -0.39 is 5.56 Å². The molecule has 0 bridgehead atoms. The van der Waals surface area contributed by atoms with Crippen molar-refractivity contribution in [2.75, 3.05) is 5.73 Å². The molecule has 2 aromatic carbocycles. The minimum atomic E-state index is -0.711. The zero-order chi connectivity index (χ0) is 17.4. The smallest absolute Gasteiger partial charge is 0.268 e. The van der Waals surface area contributed by atoms with Crippen LogP contribution in [0.2, 0.25) is 0 Å². The Kier molecular flexibility index (Phi) is 3.72. The number of aromatic amines is 1. The van der Waals surface area contributed by atoms with Gasteiger partial charge in [0.25, 0.3) is 5.56 Å². The minimum Gasteiger partial charge on any atom is -0.507 e. The SMILES string of the molecule is N#Cc1c(N)[nH]c(=O)c(C#N)c1-c1c(O)ccc2cc(Br)ccc12. The lowest BCUT2D eigenvalue weighted by atomic mass is 9.91. The molecule has 0 aliphatic heterocycles. The molecule has 0 aliphatic carbocycles. The lowest BCUT2D eigenvalue weighted by molar-refractivity contribution is 0.478. The van der Waals surface area contributed by atoms with Crippen molar-refractivity contribution in [3.8, 4) is 29.0 Å². The summed E-state index contributed by atoms with van der Waals surface area (Å²) < 4.78 is 0.832. The van der Waals surface area contributed by atoms with Gasteiger partial charge in [-0.25, -0.2) is 0 Å². The van der Waals surface area contributed by atoms with Crippen LogP contribution in [-0.2, 0) is 0 Å². The van der Waals surface area contributed by atoms with Crippen LogP contribution in [0.5, 0.6) is 5.75 Å². The second-order valence-electron chi connectivity index (χ2n) is 5.04. The summed E-state index contributed by atoms with van der Waals surface area (Å²) in [6, 6.07) is 12.2. The molecule has 3 rings (SSSR count). The summed E-state index contributed by atoms with van der Waals surface area (Å²) in [5.41, 5.74) is 4.96. The van der Waals surface area contributed by atoms with Gasteiger partial charge in [0.2, 0.25) is 0 Å². The van der Waals surface area contributed by atoms with Gasteiger partial charge in [0.05, 0.1) is 0 Å². The summed E-state index contributed by atoms with van der Waals surface area (Å²) in [5, 5.41) is 30.5. The number of aromatic hydroxyl groups is 1. The van der Waals surface area contributed by atoms with E-state index in [-0.39, 0.29) is 33.8 Å². The maximum Gasteiger partial charge on any atom is 0.268 e. The Morgan fingerprint density at radius 3 is 2.46 bits per heavy atom. The Bertz CT molecular complexity index is 1140. The van der Waals surface area contributed by atoms with Crippen LogP contribution in [0, 0.1) is 22.7 Å². The van der Waals surface area contributed by atoms with Crippen molar-refractivity contribution in [1.29, 1.82) is 10.5 Å². The number of nitrogens with zero attached hydrogens (tertiary/aromatic N) is 2. The molecular weight excluding hydrogens is 372 g/mol. The maximum atomic E-state index is 12.1. The molecule has 3 aromatic rings. The number of nitrogens with one attached hydrogen (secondary N) is 1. The Labute approximate surface area is 144 Å². The number of hydrogen-bond donors (Lipinski definition) is 3. The van der Waals surface area contributed by atoms with E-state index in [1.165, 1.54) is 6.07 Å². The molecule has 0 unspecified atom stereocenters. The number of phenolic OH excluding ortho intramolecular Hbond substituents is 1. The molecule has 6 nitrogen and oxygen atoms in total. The van der Waals surface area contributed by atoms with Gasteiger partial charge in [-0.3, -0.25) is 4.79 Å². The standard InChI is InChI=1S/C17H9BrN4O2/c18-9-2-3-10-8(5-9)1-4-13(23)15(10)14-11(6-19)16(21)22-17(24)12(14)7-20/h1-5,23H,(H3,21,22,24). The van der Waals surface area contributed by atoms with Gasteiger partial charge in [0, 0.05) is 15.6 Å². The van der Waals surface area contributed by atoms with Crippen molar-refractivity contribution < 1.29 is 5.11 Å². The highest BCUT2D eigenvalue weighted by molar-refractivity contribution is 9.10. The number of pyridine rings is 1. The first-order chi connectivity index (χ1) is 11.5. The fraction of sp³-hybridized carbons (Fsp3) is 0. The maximum absolute atomic E-state index is 12.1. The molecule has 7 heteroatoms. The molecule has 1 aromatic heterocycles. The third-order valence-electron chi connectivity index (χ3n) is 3.68. The van der Waals surface area contributed by atoms with E-state index in [2.05, 4.69) is 20.9 Å². The predicted octanol–water partition coefficient (Wildman–Crippen LogP) is 2.99. The normalized spacial score (nSPS) is 10.3. The topological polar surface area (TPSA) is 127 Å². The second-order valence-corrected chi connectivity index (χ2v) is 5.96. The number of nitriles is 2. The molecule has 0 amide bonds. The van der Waals surface area contributed by atoms with Crippen molar-refractivity contribution in [3.63, 3.8) is 0 Å². The van der Waals surface area contributed by atoms with E-state index >= 15 is 0 Å².